The first-order chi connectivity index (χ1) is 21.0. The molecule has 0 amide bonds. The number of hydrogen-bond acceptors (Lipinski definition) is 6. The third kappa shape index (κ3) is 6.51. The van der Waals surface area contributed by atoms with Crippen molar-refractivity contribution in [1.82, 2.24) is 9.88 Å². The summed E-state index contributed by atoms with van der Waals surface area (Å²) in [6, 6.07) is 20.6. The number of fused-ring (bicyclic) bond motifs is 1. The Morgan fingerprint density at radius 3 is 2.63 bits per heavy atom. The van der Waals surface area contributed by atoms with Crippen molar-refractivity contribution in [3.8, 4) is 28.7 Å². The summed E-state index contributed by atoms with van der Waals surface area (Å²) in [5.74, 6) is 1.81. The number of morpholine rings is 1. The molecule has 0 radical (unpaired) electrons. The van der Waals surface area contributed by atoms with Gasteiger partial charge in [0.2, 0.25) is 0 Å². The molecule has 0 bridgehead atoms. The van der Waals surface area contributed by atoms with Crippen molar-refractivity contribution in [2.24, 2.45) is 0 Å². The van der Waals surface area contributed by atoms with E-state index < -0.39 is 0 Å². The van der Waals surface area contributed by atoms with Crippen LogP contribution in [0.1, 0.15) is 45.7 Å². The zero-order valence-corrected chi connectivity index (χ0v) is 25.6. The fourth-order valence-corrected chi connectivity index (χ4v) is 6.75. The zero-order chi connectivity index (χ0) is 29.8. The highest BCUT2D eigenvalue weighted by atomic mass is 35.5. The van der Waals surface area contributed by atoms with Crippen LogP contribution in [-0.4, -0.2) is 43.3 Å². The van der Waals surface area contributed by atoms with Crippen LogP contribution in [0.25, 0.3) is 11.1 Å². The summed E-state index contributed by atoms with van der Waals surface area (Å²) >= 11 is 13.7. The quantitative estimate of drug-likeness (QED) is 0.193. The third-order valence-electron chi connectivity index (χ3n) is 8.38. The van der Waals surface area contributed by atoms with E-state index in [2.05, 4.69) is 52.4 Å². The van der Waals surface area contributed by atoms with E-state index in [4.69, 9.17) is 37.4 Å². The molecule has 1 atom stereocenters. The lowest BCUT2D eigenvalue weighted by molar-refractivity contribution is 0.0337. The average Bonchev–Trinajstić information content (AvgIpc) is 3.45. The molecule has 8 heteroatoms. The standard InChI is InChI=1S/C35H33Cl2N3O3/c1-41-33-7-3-6-31(35(33)37)29-5-2-4-28-25(8-9-30(28)29)15-26-17-34(43-22-24-14-23(18-38)19-39-20-24)27(16-32(26)36)21-40-10-12-42-13-11-40/h2-7,14,16-17,19-20,25H,8-13,15,21-22H2,1H3/t25-/m1/s1. The van der Waals surface area contributed by atoms with Crippen LogP contribution in [0, 0.1) is 11.3 Å². The maximum Gasteiger partial charge on any atom is 0.138 e. The van der Waals surface area contributed by atoms with Crippen LogP contribution in [0.4, 0.5) is 0 Å². The molecule has 6 nitrogen and oxygen atoms in total. The summed E-state index contributed by atoms with van der Waals surface area (Å²) in [6.45, 7) is 4.22. The fraction of sp³-hybridized carbons (Fsp3) is 0.314. The summed E-state index contributed by atoms with van der Waals surface area (Å²) < 4.78 is 17.4. The van der Waals surface area contributed by atoms with Crippen LogP contribution in [0.15, 0.2) is 67.0 Å². The maximum atomic E-state index is 9.29. The van der Waals surface area contributed by atoms with Gasteiger partial charge in [-0.15, -0.1) is 0 Å². The highest BCUT2D eigenvalue weighted by molar-refractivity contribution is 6.34. The number of rotatable bonds is 9. The molecule has 2 aliphatic rings. The summed E-state index contributed by atoms with van der Waals surface area (Å²) in [4.78, 5) is 6.55. The molecule has 1 aliphatic carbocycles. The Kier molecular flexibility index (Phi) is 9.16. The second kappa shape index (κ2) is 13.4. The number of nitriles is 1. The van der Waals surface area contributed by atoms with Gasteiger partial charge in [0.15, 0.2) is 0 Å². The van der Waals surface area contributed by atoms with E-state index >= 15 is 0 Å². The van der Waals surface area contributed by atoms with Crippen LogP contribution in [-0.2, 0) is 30.7 Å². The number of methoxy groups -OCH3 is 1. The molecule has 2 heterocycles. The molecule has 220 valence electrons. The number of halogens is 2. The number of benzene rings is 3. The van der Waals surface area contributed by atoms with E-state index in [0.29, 0.717) is 28.9 Å². The van der Waals surface area contributed by atoms with E-state index in [1.807, 2.05) is 18.2 Å². The van der Waals surface area contributed by atoms with Crippen LogP contribution in [0.2, 0.25) is 10.0 Å². The molecule has 1 saturated heterocycles. The summed E-state index contributed by atoms with van der Waals surface area (Å²) in [7, 11) is 1.64. The van der Waals surface area contributed by atoms with Crippen molar-refractivity contribution in [2.45, 2.75) is 38.3 Å². The van der Waals surface area contributed by atoms with Crippen molar-refractivity contribution >= 4 is 23.2 Å². The van der Waals surface area contributed by atoms with Gasteiger partial charge in [0.05, 0.1) is 30.9 Å². The van der Waals surface area contributed by atoms with Crippen LogP contribution < -0.4 is 9.47 Å². The highest BCUT2D eigenvalue weighted by Crippen LogP contribution is 2.45. The number of nitrogens with zero attached hydrogens (tertiary/aromatic N) is 3. The van der Waals surface area contributed by atoms with Gasteiger partial charge in [-0.2, -0.15) is 5.26 Å². The Labute approximate surface area is 262 Å². The molecule has 0 N–H and O–H groups in total. The molecule has 43 heavy (non-hydrogen) atoms. The predicted molar refractivity (Wildman–Crippen MR) is 169 cm³/mol. The van der Waals surface area contributed by atoms with Crippen molar-refractivity contribution in [1.29, 1.82) is 5.26 Å². The second-order valence-electron chi connectivity index (χ2n) is 11.1. The fourth-order valence-electron chi connectivity index (χ4n) is 6.19. The molecular weight excluding hydrogens is 581 g/mol. The largest absolute Gasteiger partial charge is 0.495 e. The number of hydrogen-bond donors (Lipinski definition) is 0. The van der Waals surface area contributed by atoms with E-state index in [0.717, 1.165) is 90.7 Å². The van der Waals surface area contributed by atoms with Crippen molar-refractivity contribution in [2.75, 3.05) is 33.4 Å². The number of ether oxygens (including phenoxy) is 3. The third-order valence-corrected chi connectivity index (χ3v) is 9.12. The van der Waals surface area contributed by atoms with E-state index in [1.54, 1.807) is 19.5 Å². The summed E-state index contributed by atoms with van der Waals surface area (Å²) in [6.07, 6.45) is 6.10. The molecule has 1 fully saturated rings. The Morgan fingerprint density at radius 2 is 1.81 bits per heavy atom. The van der Waals surface area contributed by atoms with Crippen molar-refractivity contribution in [3.05, 3.63) is 110 Å². The monoisotopic (exact) mass is 613 g/mol. The van der Waals surface area contributed by atoms with Crippen LogP contribution in [0.3, 0.4) is 0 Å². The van der Waals surface area contributed by atoms with E-state index in [1.165, 1.54) is 11.1 Å². The van der Waals surface area contributed by atoms with Gasteiger partial charge in [0.25, 0.3) is 0 Å². The molecule has 4 aromatic rings. The first kappa shape index (κ1) is 29.5. The van der Waals surface area contributed by atoms with Gasteiger partial charge in [-0.25, -0.2) is 0 Å². The maximum absolute atomic E-state index is 9.29. The topological polar surface area (TPSA) is 67.6 Å². The molecule has 0 spiro atoms. The SMILES string of the molecule is COc1cccc(-c2cccc3c2CC[C@@H]3Cc2cc(OCc3cncc(C#N)c3)c(CN3CCOCC3)cc2Cl)c1Cl. The summed E-state index contributed by atoms with van der Waals surface area (Å²) in [5.41, 5.74) is 8.30. The Morgan fingerprint density at radius 1 is 1.00 bits per heavy atom. The first-order valence-electron chi connectivity index (χ1n) is 14.6. The molecule has 0 unspecified atom stereocenters. The minimum absolute atomic E-state index is 0.316. The lowest BCUT2D eigenvalue weighted by atomic mass is 9.90. The number of pyridine rings is 1. The molecule has 0 saturated carbocycles. The Balaban J connectivity index is 1.29. The molecule has 1 aromatic heterocycles. The smallest absolute Gasteiger partial charge is 0.138 e. The lowest BCUT2D eigenvalue weighted by Crippen LogP contribution is -2.35. The van der Waals surface area contributed by atoms with E-state index in [-0.39, 0.29) is 0 Å². The highest BCUT2D eigenvalue weighted by Gasteiger charge is 2.27. The van der Waals surface area contributed by atoms with Gasteiger partial charge in [-0.05, 0) is 71.7 Å². The lowest BCUT2D eigenvalue weighted by Gasteiger charge is -2.28. The van der Waals surface area contributed by atoms with Crippen molar-refractivity contribution in [3.63, 3.8) is 0 Å². The van der Waals surface area contributed by atoms with Gasteiger partial charge in [0.1, 0.15) is 24.2 Å². The Hall–Kier alpha value is -3.60. The minimum Gasteiger partial charge on any atom is -0.495 e. The van der Waals surface area contributed by atoms with Gasteiger partial charge in [-0.3, -0.25) is 9.88 Å². The molecular formula is C35H33Cl2N3O3. The normalized spacial score (nSPS) is 16.5. The molecule has 6 rings (SSSR count). The molecule has 3 aromatic carbocycles. The van der Waals surface area contributed by atoms with Gasteiger partial charge < -0.3 is 14.2 Å². The van der Waals surface area contributed by atoms with Crippen LogP contribution >= 0.6 is 23.2 Å². The zero-order valence-electron chi connectivity index (χ0n) is 24.1. The van der Waals surface area contributed by atoms with E-state index in [9.17, 15) is 5.26 Å². The second-order valence-corrected chi connectivity index (χ2v) is 11.8. The Bertz CT molecular complexity index is 1660. The van der Waals surface area contributed by atoms with Gasteiger partial charge >= 0.3 is 0 Å². The number of aromatic nitrogens is 1. The first-order valence-corrected chi connectivity index (χ1v) is 15.3. The summed E-state index contributed by atoms with van der Waals surface area (Å²) in [5, 5.41) is 10.7. The van der Waals surface area contributed by atoms with Crippen LogP contribution in [0.5, 0.6) is 11.5 Å². The van der Waals surface area contributed by atoms with Gasteiger partial charge in [0, 0.05) is 53.7 Å². The average molecular weight is 615 g/mol. The predicted octanol–water partition coefficient (Wildman–Crippen LogP) is 7.62. The van der Waals surface area contributed by atoms with Gasteiger partial charge in [-0.1, -0.05) is 53.5 Å². The minimum atomic E-state index is 0.316. The van der Waals surface area contributed by atoms with Crippen molar-refractivity contribution < 1.29 is 14.2 Å². The molecule has 1 aliphatic heterocycles.